The Kier molecular flexibility index (Phi) is 4.28. The topological polar surface area (TPSA) is 81.8 Å². The van der Waals surface area contributed by atoms with Gasteiger partial charge < -0.3 is 9.80 Å². The van der Waals surface area contributed by atoms with E-state index in [4.69, 9.17) is 5.26 Å². The fraction of sp³-hybridized carbons (Fsp3) is 0.400. The van der Waals surface area contributed by atoms with E-state index in [2.05, 4.69) is 19.9 Å². The Hall–Kier alpha value is -2.82. The first-order valence-electron chi connectivity index (χ1n) is 7.27. The minimum atomic E-state index is -0.879. The van der Waals surface area contributed by atoms with Crippen molar-refractivity contribution in [3.63, 3.8) is 0 Å². The molecule has 3 rings (SSSR count). The summed E-state index contributed by atoms with van der Waals surface area (Å²) in [7, 11) is 1.87. The molecule has 1 fully saturated rings. The van der Waals surface area contributed by atoms with E-state index in [1.807, 2.05) is 22.9 Å². The van der Waals surface area contributed by atoms with Crippen molar-refractivity contribution in [1.82, 2.24) is 19.9 Å². The van der Waals surface area contributed by atoms with Crippen LogP contribution in [0.15, 0.2) is 31.0 Å². The normalized spacial score (nSPS) is 20.3. The minimum absolute atomic E-state index is 0.0117. The lowest BCUT2D eigenvalue weighted by molar-refractivity contribution is 0.356. The second-order valence-corrected chi connectivity index (χ2v) is 5.46. The first kappa shape index (κ1) is 15.1. The van der Waals surface area contributed by atoms with Crippen LogP contribution in [-0.4, -0.2) is 52.3 Å². The highest BCUT2D eigenvalue weighted by Gasteiger charge is 2.33. The van der Waals surface area contributed by atoms with Crippen molar-refractivity contribution < 1.29 is 4.39 Å². The molecule has 118 valence electrons. The fourth-order valence-electron chi connectivity index (χ4n) is 2.75. The fourth-order valence-corrected chi connectivity index (χ4v) is 2.75. The Labute approximate surface area is 133 Å². The molecule has 1 aliphatic rings. The molecular weight excluding hydrogens is 297 g/mol. The van der Waals surface area contributed by atoms with Gasteiger partial charge in [-0.2, -0.15) is 5.26 Å². The summed E-state index contributed by atoms with van der Waals surface area (Å²) in [4.78, 5) is 20.2. The number of nitriles is 1. The van der Waals surface area contributed by atoms with Gasteiger partial charge in [-0.05, 0) is 6.07 Å². The summed E-state index contributed by atoms with van der Waals surface area (Å²) in [5.41, 5.74) is 0.273. The van der Waals surface area contributed by atoms with Crippen molar-refractivity contribution in [1.29, 1.82) is 5.26 Å². The van der Waals surface area contributed by atoms with Gasteiger partial charge in [-0.25, -0.2) is 24.3 Å². The first-order valence-corrected chi connectivity index (χ1v) is 7.27. The number of halogens is 1. The molecule has 0 unspecified atom stereocenters. The zero-order chi connectivity index (χ0) is 16.2. The number of hydrogen-bond donors (Lipinski definition) is 0. The van der Waals surface area contributed by atoms with Gasteiger partial charge in [-0.1, -0.05) is 0 Å². The molecule has 2 aromatic heterocycles. The van der Waals surface area contributed by atoms with Gasteiger partial charge in [0.2, 0.25) is 0 Å². The number of nitrogens with zero attached hydrogens (tertiary/aromatic N) is 7. The summed E-state index contributed by atoms with van der Waals surface area (Å²) >= 11 is 0. The molecule has 0 amide bonds. The molecule has 0 saturated carbocycles. The second-order valence-electron chi connectivity index (χ2n) is 5.46. The van der Waals surface area contributed by atoms with E-state index in [9.17, 15) is 4.39 Å². The van der Waals surface area contributed by atoms with Crippen LogP contribution in [0.25, 0.3) is 0 Å². The van der Waals surface area contributed by atoms with Crippen LogP contribution in [0.5, 0.6) is 0 Å². The summed E-state index contributed by atoms with van der Waals surface area (Å²) in [5, 5.41) is 8.76. The third-order valence-corrected chi connectivity index (χ3v) is 3.85. The van der Waals surface area contributed by atoms with E-state index >= 15 is 0 Å². The third kappa shape index (κ3) is 3.34. The van der Waals surface area contributed by atoms with Gasteiger partial charge in [-0.3, -0.25) is 0 Å². The number of hydrogen-bond acceptors (Lipinski definition) is 7. The van der Waals surface area contributed by atoms with Crippen molar-refractivity contribution in [3.8, 4) is 6.07 Å². The van der Waals surface area contributed by atoms with Crippen LogP contribution in [0, 0.1) is 11.3 Å². The van der Waals surface area contributed by atoms with Crippen LogP contribution in [0.1, 0.15) is 12.1 Å². The highest BCUT2D eigenvalue weighted by molar-refractivity contribution is 5.43. The van der Waals surface area contributed by atoms with Crippen molar-refractivity contribution in [2.45, 2.75) is 18.6 Å². The van der Waals surface area contributed by atoms with Crippen molar-refractivity contribution in [3.05, 3.63) is 36.7 Å². The molecule has 1 aliphatic heterocycles. The van der Waals surface area contributed by atoms with Crippen molar-refractivity contribution in [2.24, 2.45) is 0 Å². The minimum Gasteiger partial charge on any atom is -0.356 e. The van der Waals surface area contributed by atoms with Gasteiger partial charge >= 0.3 is 0 Å². The van der Waals surface area contributed by atoms with E-state index in [1.54, 1.807) is 18.5 Å². The van der Waals surface area contributed by atoms with E-state index in [-0.39, 0.29) is 11.7 Å². The van der Waals surface area contributed by atoms with Gasteiger partial charge in [0, 0.05) is 26.2 Å². The van der Waals surface area contributed by atoms with E-state index < -0.39 is 6.17 Å². The maximum atomic E-state index is 13.9. The van der Waals surface area contributed by atoms with Gasteiger partial charge in [0.05, 0.1) is 25.0 Å². The number of alkyl halides is 1. The summed E-state index contributed by atoms with van der Waals surface area (Å²) < 4.78 is 13.9. The van der Waals surface area contributed by atoms with Gasteiger partial charge in [0.15, 0.2) is 5.69 Å². The standard InChI is InChI=1S/C15H16FN7/c1-22(15-7-19-12(5-17)6-20-15)9-13-4-11(16)8-23(13)14-2-3-18-10-21-14/h2-3,6-7,10-11,13H,4,8-9H2,1H3/t11-,13-/m0/s1. The lowest BCUT2D eigenvalue weighted by Crippen LogP contribution is -2.39. The van der Waals surface area contributed by atoms with Crippen molar-refractivity contribution >= 4 is 11.6 Å². The average molecular weight is 313 g/mol. The van der Waals surface area contributed by atoms with Crippen LogP contribution in [0.2, 0.25) is 0 Å². The van der Waals surface area contributed by atoms with Crippen LogP contribution in [0.3, 0.4) is 0 Å². The summed E-state index contributed by atoms with van der Waals surface area (Å²) in [5.74, 6) is 1.37. The number of likely N-dealkylation sites (N-methyl/N-ethyl adjacent to an activating group) is 1. The molecule has 3 heterocycles. The molecule has 0 aliphatic carbocycles. The Morgan fingerprint density at radius 3 is 2.91 bits per heavy atom. The second kappa shape index (κ2) is 6.52. The van der Waals surface area contributed by atoms with E-state index in [0.717, 1.165) is 5.82 Å². The van der Waals surface area contributed by atoms with Crippen LogP contribution in [0.4, 0.5) is 16.0 Å². The molecule has 8 heteroatoms. The van der Waals surface area contributed by atoms with Crippen LogP contribution in [-0.2, 0) is 0 Å². The summed E-state index contributed by atoms with van der Waals surface area (Å²) in [6, 6.07) is 3.71. The highest BCUT2D eigenvalue weighted by atomic mass is 19.1. The lowest BCUT2D eigenvalue weighted by atomic mass is 10.2. The van der Waals surface area contributed by atoms with Crippen LogP contribution >= 0.6 is 0 Å². The quantitative estimate of drug-likeness (QED) is 0.838. The Bertz CT molecular complexity index is 685. The highest BCUT2D eigenvalue weighted by Crippen LogP contribution is 2.26. The number of anilines is 2. The predicted molar refractivity (Wildman–Crippen MR) is 82.7 cm³/mol. The molecule has 7 nitrogen and oxygen atoms in total. The van der Waals surface area contributed by atoms with Crippen LogP contribution < -0.4 is 9.80 Å². The summed E-state index contributed by atoms with van der Waals surface area (Å²) in [6.45, 7) is 0.916. The van der Waals surface area contributed by atoms with Gasteiger partial charge in [-0.15, -0.1) is 0 Å². The van der Waals surface area contributed by atoms with E-state index in [1.165, 1.54) is 12.5 Å². The molecule has 1 saturated heterocycles. The van der Waals surface area contributed by atoms with Crippen molar-refractivity contribution in [2.75, 3.05) is 29.9 Å². The zero-order valence-corrected chi connectivity index (χ0v) is 12.7. The van der Waals surface area contributed by atoms with Gasteiger partial charge in [0.25, 0.3) is 0 Å². The molecule has 0 N–H and O–H groups in total. The Balaban J connectivity index is 1.73. The number of aromatic nitrogens is 4. The molecule has 0 bridgehead atoms. The molecule has 23 heavy (non-hydrogen) atoms. The van der Waals surface area contributed by atoms with Gasteiger partial charge in [0.1, 0.15) is 30.2 Å². The molecule has 0 radical (unpaired) electrons. The molecule has 2 atom stereocenters. The molecule has 0 spiro atoms. The predicted octanol–water partition coefficient (Wildman–Crippen LogP) is 1.19. The third-order valence-electron chi connectivity index (χ3n) is 3.85. The zero-order valence-electron chi connectivity index (χ0n) is 12.7. The Morgan fingerprint density at radius 1 is 1.39 bits per heavy atom. The maximum absolute atomic E-state index is 13.9. The monoisotopic (exact) mass is 313 g/mol. The smallest absolute Gasteiger partial charge is 0.158 e. The first-order chi connectivity index (χ1) is 11.2. The summed E-state index contributed by atoms with van der Waals surface area (Å²) in [6.07, 6.45) is 5.67. The number of rotatable bonds is 4. The average Bonchev–Trinajstić information content (AvgIpc) is 2.96. The van der Waals surface area contributed by atoms with E-state index in [0.29, 0.717) is 25.3 Å². The lowest BCUT2D eigenvalue weighted by Gasteiger charge is -2.29. The largest absolute Gasteiger partial charge is 0.356 e. The molecular formula is C15H16FN7. The molecule has 2 aromatic rings. The SMILES string of the molecule is CN(C[C@@H]1C[C@H](F)CN1c1ccncn1)c1cnc(C#N)cn1. The maximum Gasteiger partial charge on any atom is 0.158 e. The molecule has 0 aromatic carbocycles. The Morgan fingerprint density at radius 2 is 2.26 bits per heavy atom.